The third kappa shape index (κ3) is 2.36. The Hall–Kier alpha value is -0.730. The van der Waals surface area contributed by atoms with Gasteiger partial charge in [-0.1, -0.05) is 6.92 Å². The zero-order valence-corrected chi connectivity index (χ0v) is 9.05. The molecule has 1 fully saturated rings. The molecular weight excluding hydrogens is 164 g/mol. The first-order chi connectivity index (χ1) is 5.99. The fourth-order valence-corrected chi connectivity index (χ4v) is 1.56. The summed E-state index contributed by atoms with van der Waals surface area (Å²) < 4.78 is 0. The van der Waals surface area contributed by atoms with Gasteiger partial charge in [-0.3, -0.25) is 0 Å². The van der Waals surface area contributed by atoms with Gasteiger partial charge in [0.2, 0.25) is 0 Å². The van der Waals surface area contributed by atoms with Crippen LogP contribution in [-0.4, -0.2) is 30.6 Å². The second kappa shape index (κ2) is 3.56. The van der Waals surface area contributed by atoms with Crippen LogP contribution in [0.1, 0.15) is 33.1 Å². The number of nitrogens with zero attached hydrogens (tertiary/aromatic N) is 1. The van der Waals surface area contributed by atoms with Crippen LogP contribution in [0.3, 0.4) is 0 Å². The normalized spacial score (nSPS) is 20.6. The van der Waals surface area contributed by atoms with Crippen molar-refractivity contribution in [1.29, 1.82) is 0 Å². The van der Waals surface area contributed by atoms with Gasteiger partial charge in [-0.2, -0.15) is 0 Å². The topological polar surface area (TPSA) is 32.3 Å². The molecule has 0 spiro atoms. The molecule has 1 aliphatic rings. The van der Waals surface area contributed by atoms with Crippen molar-refractivity contribution in [2.24, 2.45) is 5.92 Å². The van der Waals surface area contributed by atoms with Crippen LogP contribution in [0.5, 0.6) is 0 Å². The standard InChI is InChI=1S/C10H20N2O/c1-5-10(2,8-6-7-8)11-9(13)12(3)4/h8H,5-7H2,1-4H3,(H,11,13). The van der Waals surface area contributed by atoms with Gasteiger partial charge in [0.1, 0.15) is 0 Å². The number of hydrogen-bond acceptors (Lipinski definition) is 1. The van der Waals surface area contributed by atoms with Crippen molar-refractivity contribution < 1.29 is 4.79 Å². The van der Waals surface area contributed by atoms with E-state index in [0.717, 1.165) is 6.42 Å². The Morgan fingerprint density at radius 3 is 2.38 bits per heavy atom. The highest BCUT2D eigenvalue weighted by molar-refractivity contribution is 5.74. The highest BCUT2D eigenvalue weighted by Gasteiger charge is 2.41. The number of carbonyl (C=O) groups is 1. The first-order valence-electron chi connectivity index (χ1n) is 4.99. The maximum Gasteiger partial charge on any atom is 0.317 e. The quantitative estimate of drug-likeness (QED) is 0.713. The van der Waals surface area contributed by atoms with Gasteiger partial charge in [0.05, 0.1) is 0 Å². The number of hydrogen-bond donors (Lipinski definition) is 1. The van der Waals surface area contributed by atoms with E-state index in [9.17, 15) is 4.79 Å². The van der Waals surface area contributed by atoms with Gasteiger partial charge in [0, 0.05) is 19.6 Å². The SMILES string of the molecule is CCC(C)(NC(=O)N(C)C)C1CC1. The molecule has 0 saturated heterocycles. The fraction of sp³-hybridized carbons (Fsp3) is 0.900. The number of urea groups is 1. The Bertz CT molecular complexity index is 199. The molecule has 76 valence electrons. The average Bonchev–Trinajstić information content (AvgIpc) is 2.86. The number of nitrogens with one attached hydrogen (secondary N) is 1. The maximum absolute atomic E-state index is 11.5. The molecule has 1 aliphatic carbocycles. The highest BCUT2D eigenvalue weighted by atomic mass is 16.2. The lowest BCUT2D eigenvalue weighted by molar-refractivity contribution is 0.196. The van der Waals surface area contributed by atoms with Gasteiger partial charge in [0.25, 0.3) is 0 Å². The molecule has 1 atom stereocenters. The Balaban J connectivity index is 2.52. The highest BCUT2D eigenvalue weighted by Crippen LogP contribution is 2.41. The summed E-state index contributed by atoms with van der Waals surface area (Å²) in [5.41, 5.74) is 0.0152. The molecular formula is C10H20N2O. The summed E-state index contributed by atoms with van der Waals surface area (Å²) in [7, 11) is 3.55. The summed E-state index contributed by atoms with van der Waals surface area (Å²) in [6.07, 6.45) is 3.54. The Kier molecular flexibility index (Phi) is 2.84. The molecule has 13 heavy (non-hydrogen) atoms. The summed E-state index contributed by atoms with van der Waals surface area (Å²) in [6, 6.07) is 0.0243. The van der Waals surface area contributed by atoms with Crippen LogP contribution in [0.4, 0.5) is 4.79 Å². The molecule has 0 aromatic rings. The van der Waals surface area contributed by atoms with Gasteiger partial charge < -0.3 is 10.2 Å². The third-order valence-electron chi connectivity index (χ3n) is 3.01. The smallest absolute Gasteiger partial charge is 0.317 e. The molecule has 1 unspecified atom stereocenters. The van der Waals surface area contributed by atoms with Gasteiger partial charge >= 0.3 is 6.03 Å². The van der Waals surface area contributed by atoms with Gasteiger partial charge in [-0.15, -0.1) is 0 Å². The number of amides is 2. The fourth-order valence-electron chi connectivity index (χ4n) is 1.56. The van der Waals surface area contributed by atoms with E-state index in [4.69, 9.17) is 0 Å². The molecule has 0 aliphatic heterocycles. The lowest BCUT2D eigenvalue weighted by atomic mass is 9.93. The van der Waals surface area contributed by atoms with E-state index in [2.05, 4.69) is 19.2 Å². The minimum absolute atomic E-state index is 0.0152. The third-order valence-corrected chi connectivity index (χ3v) is 3.01. The van der Waals surface area contributed by atoms with Crippen LogP contribution < -0.4 is 5.32 Å². The Morgan fingerprint density at radius 1 is 1.54 bits per heavy atom. The monoisotopic (exact) mass is 184 g/mol. The molecule has 2 amide bonds. The molecule has 0 heterocycles. The van der Waals surface area contributed by atoms with Gasteiger partial charge in [-0.25, -0.2) is 4.79 Å². The van der Waals surface area contributed by atoms with E-state index in [1.807, 2.05) is 0 Å². The van der Waals surface area contributed by atoms with Crippen LogP contribution in [-0.2, 0) is 0 Å². The minimum atomic E-state index is 0.0152. The van der Waals surface area contributed by atoms with Crippen LogP contribution in [0, 0.1) is 5.92 Å². The predicted molar refractivity (Wildman–Crippen MR) is 53.6 cm³/mol. The molecule has 1 saturated carbocycles. The number of carbonyl (C=O) groups excluding carboxylic acids is 1. The van der Waals surface area contributed by atoms with E-state index >= 15 is 0 Å². The summed E-state index contributed by atoms with van der Waals surface area (Å²) in [6.45, 7) is 4.28. The van der Waals surface area contributed by atoms with Gasteiger partial charge in [-0.05, 0) is 32.1 Å². The molecule has 0 bridgehead atoms. The number of rotatable bonds is 3. The summed E-state index contributed by atoms with van der Waals surface area (Å²) in [5.74, 6) is 0.696. The summed E-state index contributed by atoms with van der Waals surface area (Å²) in [5, 5.41) is 3.09. The molecule has 3 heteroatoms. The first kappa shape index (κ1) is 10.4. The maximum atomic E-state index is 11.5. The van der Waals surface area contributed by atoms with Crippen molar-refractivity contribution in [3.63, 3.8) is 0 Å². The van der Waals surface area contributed by atoms with Crippen molar-refractivity contribution in [1.82, 2.24) is 10.2 Å². The second-order valence-corrected chi connectivity index (χ2v) is 4.37. The van der Waals surface area contributed by atoms with Crippen molar-refractivity contribution in [3.05, 3.63) is 0 Å². The molecule has 0 aromatic heterocycles. The second-order valence-electron chi connectivity index (χ2n) is 4.37. The van der Waals surface area contributed by atoms with Gasteiger partial charge in [0.15, 0.2) is 0 Å². The molecule has 0 radical (unpaired) electrons. The van der Waals surface area contributed by atoms with E-state index in [-0.39, 0.29) is 11.6 Å². The largest absolute Gasteiger partial charge is 0.333 e. The van der Waals surface area contributed by atoms with E-state index in [0.29, 0.717) is 5.92 Å². The lowest BCUT2D eigenvalue weighted by Crippen LogP contribution is -2.50. The summed E-state index contributed by atoms with van der Waals surface area (Å²) >= 11 is 0. The Morgan fingerprint density at radius 2 is 2.08 bits per heavy atom. The lowest BCUT2D eigenvalue weighted by Gasteiger charge is -2.31. The van der Waals surface area contributed by atoms with Crippen LogP contribution >= 0.6 is 0 Å². The molecule has 1 rings (SSSR count). The van der Waals surface area contributed by atoms with Crippen molar-refractivity contribution in [2.75, 3.05) is 14.1 Å². The molecule has 1 N–H and O–H groups in total. The average molecular weight is 184 g/mol. The van der Waals surface area contributed by atoms with Crippen molar-refractivity contribution >= 4 is 6.03 Å². The van der Waals surface area contributed by atoms with Crippen molar-refractivity contribution in [2.45, 2.75) is 38.6 Å². The zero-order valence-electron chi connectivity index (χ0n) is 9.05. The minimum Gasteiger partial charge on any atom is -0.333 e. The molecule has 0 aromatic carbocycles. The van der Waals surface area contributed by atoms with Crippen LogP contribution in [0.2, 0.25) is 0 Å². The van der Waals surface area contributed by atoms with E-state index in [1.165, 1.54) is 12.8 Å². The van der Waals surface area contributed by atoms with Crippen LogP contribution in [0.25, 0.3) is 0 Å². The zero-order chi connectivity index (χ0) is 10.1. The van der Waals surface area contributed by atoms with E-state index in [1.54, 1.807) is 19.0 Å². The first-order valence-corrected chi connectivity index (χ1v) is 4.99. The molecule has 3 nitrogen and oxygen atoms in total. The van der Waals surface area contributed by atoms with Crippen LogP contribution in [0.15, 0.2) is 0 Å². The predicted octanol–water partition coefficient (Wildman–Crippen LogP) is 1.84. The van der Waals surface area contributed by atoms with Crippen molar-refractivity contribution in [3.8, 4) is 0 Å². The Labute approximate surface area is 80.5 Å². The van der Waals surface area contributed by atoms with E-state index < -0.39 is 0 Å². The summed E-state index contributed by atoms with van der Waals surface area (Å²) in [4.78, 5) is 13.1.